The van der Waals surface area contributed by atoms with E-state index in [1.807, 2.05) is 13.8 Å². The SMILES string of the molecule is CC.CC(Nc1ncnc(N)n1)C1C=CC=CC(Br)C1. The first-order valence-electron chi connectivity index (χ1n) is 6.85. The Bertz CT molecular complexity index is 461. The highest BCUT2D eigenvalue weighted by molar-refractivity contribution is 9.09. The number of halogens is 1. The van der Waals surface area contributed by atoms with E-state index >= 15 is 0 Å². The van der Waals surface area contributed by atoms with Crippen LogP contribution in [0.1, 0.15) is 27.2 Å². The Morgan fingerprint density at radius 2 is 2.00 bits per heavy atom. The second-order valence-corrected chi connectivity index (χ2v) is 5.46. The molecule has 20 heavy (non-hydrogen) atoms. The Balaban J connectivity index is 0.000000956. The average molecular weight is 340 g/mol. The van der Waals surface area contributed by atoms with Crippen LogP contribution in [0.2, 0.25) is 0 Å². The summed E-state index contributed by atoms with van der Waals surface area (Å²) in [7, 11) is 0. The number of nitrogens with one attached hydrogen (secondary N) is 1. The van der Waals surface area contributed by atoms with Gasteiger partial charge in [0, 0.05) is 10.9 Å². The van der Waals surface area contributed by atoms with Crippen molar-refractivity contribution in [3.05, 3.63) is 30.6 Å². The summed E-state index contributed by atoms with van der Waals surface area (Å²) in [4.78, 5) is 12.3. The van der Waals surface area contributed by atoms with E-state index in [-0.39, 0.29) is 12.0 Å². The molecule has 1 aliphatic carbocycles. The molecule has 0 spiro atoms. The lowest BCUT2D eigenvalue weighted by Crippen LogP contribution is -2.27. The van der Waals surface area contributed by atoms with Gasteiger partial charge < -0.3 is 11.1 Å². The maximum absolute atomic E-state index is 5.53. The minimum atomic E-state index is 0.225. The Labute approximate surface area is 128 Å². The second-order valence-electron chi connectivity index (χ2n) is 4.29. The molecule has 0 saturated carbocycles. The normalized spacial score (nSPS) is 22.4. The average Bonchev–Trinajstić information content (AvgIpc) is 2.66. The van der Waals surface area contributed by atoms with Gasteiger partial charge in [-0.05, 0) is 19.3 Å². The smallest absolute Gasteiger partial charge is 0.227 e. The maximum Gasteiger partial charge on any atom is 0.227 e. The van der Waals surface area contributed by atoms with Crippen molar-refractivity contribution in [2.75, 3.05) is 11.1 Å². The first-order chi connectivity index (χ1) is 9.65. The van der Waals surface area contributed by atoms with Gasteiger partial charge in [0.15, 0.2) is 0 Å². The van der Waals surface area contributed by atoms with E-state index in [0.717, 1.165) is 6.42 Å². The Hall–Kier alpha value is -1.43. The molecule has 3 unspecified atom stereocenters. The minimum Gasteiger partial charge on any atom is -0.368 e. The number of rotatable bonds is 3. The van der Waals surface area contributed by atoms with Gasteiger partial charge in [-0.1, -0.05) is 54.1 Å². The van der Waals surface area contributed by atoms with Gasteiger partial charge in [0.25, 0.3) is 0 Å². The Kier molecular flexibility index (Phi) is 7.22. The first kappa shape index (κ1) is 16.6. The summed E-state index contributed by atoms with van der Waals surface area (Å²) in [5.74, 6) is 1.16. The summed E-state index contributed by atoms with van der Waals surface area (Å²) < 4.78 is 0. The van der Waals surface area contributed by atoms with Crippen molar-refractivity contribution in [3.63, 3.8) is 0 Å². The highest BCUT2D eigenvalue weighted by Gasteiger charge is 2.19. The van der Waals surface area contributed by atoms with Crippen molar-refractivity contribution < 1.29 is 0 Å². The zero-order chi connectivity index (χ0) is 15.0. The predicted molar refractivity (Wildman–Crippen MR) is 87.8 cm³/mol. The summed E-state index contributed by atoms with van der Waals surface area (Å²) in [6.07, 6.45) is 10.9. The number of anilines is 2. The highest BCUT2D eigenvalue weighted by Crippen LogP contribution is 2.23. The van der Waals surface area contributed by atoms with Crippen molar-refractivity contribution >= 4 is 27.8 Å². The summed E-state index contributed by atoms with van der Waals surface area (Å²) in [5.41, 5.74) is 5.53. The summed E-state index contributed by atoms with van der Waals surface area (Å²) in [5, 5.41) is 3.26. The molecule has 0 aromatic carbocycles. The third kappa shape index (κ3) is 5.28. The van der Waals surface area contributed by atoms with Crippen LogP contribution in [-0.2, 0) is 0 Å². The summed E-state index contributed by atoms with van der Waals surface area (Å²) >= 11 is 3.63. The van der Waals surface area contributed by atoms with E-state index in [1.165, 1.54) is 6.33 Å². The molecule has 2 rings (SSSR count). The molecule has 3 atom stereocenters. The topological polar surface area (TPSA) is 76.7 Å². The Morgan fingerprint density at radius 3 is 2.70 bits per heavy atom. The van der Waals surface area contributed by atoms with Gasteiger partial charge in [0.1, 0.15) is 6.33 Å². The van der Waals surface area contributed by atoms with Crippen LogP contribution in [0, 0.1) is 5.92 Å². The minimum absolute atomic E-state index is 0.225. The number of hydrogen-bond donors (Lipinski definition) is 2. The molecule has 0 radical (unpaired) electrons. The van der Waals surface area contributed by atoms with Gasteiger partial charge in [0.2, 0.25) is 11.9 Å². The Morgan fingerprint density at radius 1 is 1.30 bits per heavy atom. The fourth-order valence-electron chi connectivity index (χ4n) is 1.87. The van der Waals surface area contributed by atoms with E-state index in [0.29, 0.717) is 16.7 Å². The van der Waals surface area contributed by atoms with Crippen molar-refractivity contribution in [1.29, 1.82) is 0 Å². The van der Waals surface area contributed by atoms with Gasteiger partial charge >= 0.3 is 0 Å². The molecule has 1 aliphatic rings. The van der Waals surface area contributed by atoms with E-state index in [2.05, 4.69) is 67.4 Å². The van der Waals surface area contributed by atoms with Crippen LogP contribution < -0.4 is 11.1 Å². The van der Waals surface area contributed by atoms with Crippen LogP contribution in [-0.4, -0.2) is 25.8 Å². The molecule has 0 amide bonds. The zero-order valence-corrected chi connectivity index (χ0v) is 13.7. The van der Waals surface area contributed by atoms with Crippen molar-refractivity contribution in [2.45, 2.75) is 38.1 Å². The molecular formula is C14H22BrN5. The molecule has 3 N–H and O–H groups in total. The number of nitrogens with two attached hydrogens (primary N) is 1. The number of aromatic nitrogens is 3. The summed E-state index contributed by atoms with van der Waals surface area (Å²) in [6.45, 7) is 6.11. The molecule has 0 fully saturated rings. The number of nitrogens with zero attached hydrogens (tertiary/aromatic N) is 3. The van der Waals surface area contributed by atoms with Crippen LogP contribution in [0.3, 0.4) is 0 Å². The van der Waals surface area contributed by atoms with Crippen LogP contribution in [0.25, 0.3) is 0 Å². The molecule has 5 nitrogen and oxygen atoms in total. The van der Waals surface area contributed by atoms with Crippen molar-refractivity contribution in [3.8, 4) is 0 Å². The van der Waals surface area contributed by atoms with E-state index in [1.54, 1.807) is 0 Å². The van der Waals surface area contributed by atoms with E-state index in [4.69, 9.17) is 5.73 Å². The van der Waals surface area contributed by atoms with Crippen LogP contribution in [0.5, 0.6) is 0 Å². The molecule has 0 saturated heterocycles. The number of nitrogen functional groups attached to an aromatic ring is 1. The number of allylic oxidation sites excluding steroid dienone is 3. The molecule has 6 heteroatoms. The van der Waals surface area contributed by atoms with Gasteiger partial charge in [-0.25, -0.2) is 9.97 Å². The lowest BCUT2D eigenvalue weighted by Gasteiger charge is -2.22. The van der Waals surface area contributed by atoms with Gasteiger partial charge in [-0.15, -0.1) is 0 Å². The standard InChI is InChI=1S/C12H16BrN5.C2H6/c1-8(9-4-2-3-5-10(13)6-9)17-12-16-7-15-11(14)18-12;1-2/h2-5,7-10H,6H2,1H3,(H3,14,15,16,17,18);1-2H3. The fourth-order valence-corrected chi connectivity index (χ4v) is 2.48. The molecule has 110 valence electrons. The van der Waals surface area contributed by atoms with E-state index < -0.39 is 0 Å². The summed E-state index contributed by atoms with van der Waals surface area (Å²) in [6, 6.07) is 0.225. The monoisotopic (exact) mass is 339 g/mol. The van der Waals surface area contributed by atoms with Crippen molar-refractivity contribution in [1.82, 2.24) is 15.0 Å². The molecule has 1 aromatic rings. The lowest BCUT2D eigenvalue weighted by molar-refractivity contribution is 0.534. The molecule has 1 aromatic heterocycles. The largest absolute Gasteiger partial charge is 0.368 e. The van der Waals surface area contributed by atoms with Gasteiger partial charge in [-0.3, -0.25) is 0 Å². The molecule has 0 bridgehead atoms. The van der Waals surface area contributed by atoms with Crippen LogP contribution in [0.15, 0.2) is 30.6 Å². The first-order valence-corrected chi connectivity index (χ1v) is 7.77. The van der Waals surface area contributed by atoms with Crippen molar-refractivity contribution in [2.24, 2.45) is 5.92 Å². The third-order valence-corrected chi connectivity index (χ3v) is 3.56. The highest BCUT2D eigenvalue weighted by atomic mass is 79.9. The molecule has 1 heterocycles. The third-order valence-electron chi connectivity index (χ3n) is 2.88. The predicted octanol–water partition coefficient (Wildman–Crippen LogP) is 3.18. The van der Waals surface area contributed by atoms with Crippen LogP contribution >= 0.6 is 15.9 Å². The van der Waals surface area contributed by atoms with Crippen LogP contribution in [0.4, 0.5) is 11.9 Å². The quantitative estimate of drug-likeness (QED) is 0.827. The van der Waals surface area contributed by atoms with E-state index in [9.17, 15) is 0 Å². The number of hydrogen-bond acceptors (Lipinski definition) is 5. The number of alkyl halides is 1. The zero-order valence-electron chi connectivity index (χ0n) is 12.1. The lowest BCUT2D eigenvalue weighted by atomic mass is 9.96. The van der Waals surface area contributed by atoms with Gasteiger partial charge in [-0.2, -0.15) is 4.98 Å². The second kappa shape index (κ2) is 8.68. The molecule has 0 aliphatic heterocycles. The maximum atomic E-state index is 5.53. The fraction of sp³-hybridized carbons (Fsp3) is 0.500. The molecular weight excluding hydrogens is 318 g/mol. The van der Waals surface area contributed by atoms with Gasteiger partial charge in [0.05, 0.1) is 0 Å².